The molecule has 0 atom stereocenters. The first-order valence-electron chi connectivity index (χ1n) is 4.56. The summed E-state index contributed by atoms with van der Waals surface area (Å²) in [5, 5.41) is 0. The molecule has 0 spiro atoms. The number of amides is 1. The number of likely N-dealkylation sites (tertiary alicyclic amines) is 1. The standard InChI is InChI=1S/C9H12N2O2/c12-9(8-6-10-7-13-8)11-4-2-1-3-5-11/h6-7H,1-5H2. The Labute approximate surface area is 76.6 Å². The predicted molar refractivity (Wildman–Crippen MR) is 46.3 cm³/mol. The molecule has 4 nitrogen and oxygen atoms in total. The first-order valence-corrected chi connectivity index (χ1v) is 4.56. The summed E-state index contributed by atoms with van der Waals surface area (Å²) in [5.41, 5.74) is 0. The molecule has 1 saturated heterocycles. The molecule has 13 heavy (non-hydrogen) atoms. The Balaban J connectivity index is 2.04. The van der Waals surface area contributed by atoms with E-state index >= 15 is 0 Å². The Hall–Kier alpha value is -1.32. The molecule has 0 bridgehead atoms. The summed E-state index contributed by atoms with van der Waals surface area (Å²) >= 11 is 0. The molecule has 0 aromatic carbocycles. The van der Waals surface area contributed by atoms with Crippen molar-refractivity contribution in [3.05, 3.63) is 18.4 Å². The maximum absolute atomic E-state index is 11.7. The van der Waals surface area contributed by atoms with E-state index < -0.39 is 0 Å². The Bertz CT molecular complexity index is 276. The lowest BCUT2D eigenvalue weighted by Gasteiger charge is -2.25. The van der Waals surface area contributed by atoms with Gasteiger partial charge in [0.15, 0.2) is 6.39 Å². The molecular formula is C9H12N2O2. The summed E-state index contributed by atoms with van der Waals surface area (Å²) in [4.78, 5) is 17.2. The van der Waals surface area contributed by atoms with Gasteiger partial charge in [0.25, 0.3) is 5.91 Å². The van der Waals surface area contributed by atoms with Crippen molar-refractivity contribution in [1.29, 1.82) is 0 Å². The summed E-state index contributed by atoms with van der Waals surface area (Å²) in [5.74, 6) is 0.319. The number of carbonyl (C=O) groups excluding carboxylic acids is 1. The first-order chi connectivity index (χ1) is 6.38. The van der Waals surface area contributed by atoms with E-state index in [1.807, 2.05) is 4.90 Å². The highest BCUT2D eigenvalue weighted by molar-refractivity contribution is 5.91. The lowest BCUT2D eigenvalue weighted by Crippen LogP contribution is -2.35. The molecule has 4 heteroatoms. The molecule has 2 rings (SSSR count). The molecule has 0 N–H and O–H groups in total. The molecular weight excluding hydrogens is 168 g/mol. The summed E-state index contributed by atoms with van der Waals surface area (Å²) in [7, 11) is 0. The topological polar surface area (TPSA) is 46.3 Å². The van der Waals surface area contributed by atoms with E-state index in [0.717, 1.165) is 25.9 Å². The molecule has 1 amide bonds. The number of nitrogens with zero attached hydrogens (tertiary/aromatic N) is 2. The number of piperidine rings is 1. The molecule has 70 valence electrons. The molecule has 0 aliphatic carbocycles. The minimum Gasteiger partial charge on any atom is -0.438 e. The summed E-state index contributed by atoms with van der Waals surface area (Å²) in [6.07, 6.45) is 6.17. The fourth-order valence-corrected chi connectivity index (χ4v) is 1.57. The van der Waals surface area contributed by atoms with Crippen LogP contribution in [0.1, 0.15) is 29.8 Å². The fraction of sp³-hybridized carbons (Fsp3) is 0.556. The molecule has 0 saturated carbocycles. The molecule has 1 aromatic rings. The van der Waals surface area contributed by atoms with Crippen molar-refractivity contribution in [2.45, 2.75) is 19.3 Å². The average Bonchev–Trinajstić information content (AvgIpc) is 2.71. The Kier molecular flexibility index (Phi) is 2.29. The van der Waals surface area contributed by atoms with E-state index in [1.54, 1.807) is 0 Å². The van der Waals surface area contributed by atoms with Crippen LogP contribution in [0, 0.1) is 0 Å². The Morgan fingerprint density at radius 3 is 2.77 bits per heavy atom. The van der Waals surface area contributed by atoms with Crippen LogP contribution < -0.4 is 0 Å². The van der Waals surface area contributed by atoms with E-state index in [4.69, 9.17) is 4.42 Å². The minimum absolute atomic E-state index is 0.0304. The summed E-state index contributed by atoms with van der Waals surface area (Å²) in [6.45, 7) is 1.69. The third-order valence-corrected chi connectivity index (χ3v) is 2.29. The maximum atomic E-state index is 11.7. The number of oxazole rings is 1. The van der Waals surface area contributed by atoms with Crippen LogP contribution in [0.25, 0.3) is 0 Å². The maximum Gasteiger partial charge on any atom is 0.291 e. The fourth-order valence-electron chi connectivity index (χ4n) is 1.57. The second kappa shape index (κ2) is 3.60. The van der Waals surface area contributed by atoms with Crippen LogP contribution >= 0.6 is 0 Å². The van der Waals surface area contributed by atoms with Gasteiger partial charge in [-0.05, 0) is 19.3 Å². The highest BCUT2D eigenvalue weighted by Crippen LogP contribution is 2.12. The lowest BCUT2D eigenvalue weighted by atomic mass is 10.1. The van der Waals surface area contributed by atoms with Gasteiger partial charge in [0.05, 0.1) is 6.20 Å². The molecule has 1 fully saturated rings. The van der Waals surface area contributed by atoms with Crippen LogP contribution in [-0.2, 0) is 0 Å². The lowest BCUT2D eigenvalue weighted by molar-refractivity contribution is 0.0692. The normalized spacial score (nSPS) is 17.4. The van der Waals surface area contributed by atoms with Crippen LogP contribution in [0.3, 0.4) is 0 Å². The number of hydrogen-bond donors (Lipinski definition) is 0. The van der Waals surface area contributed by atoms with E-state index in [2.05, 4.69) is 4.98 Å². The SMILES string of the molecule is O=C(c1cnco1)N1CCCCC1. The molecule has 1 aliphatic rings. The monoisotopic (exact) mass is 180 g/mol. The number of aromatic nitrogens is 1. The van der Waals surface area contributed by atoms with Crippen LogP contribution in [-0.4, -0.2) is 28.9 Å². The van der Waals surface area contributed by atoms with Crippen LogP contribution in [0.15, 0.2) is 17.0 Å². The molecule has 0 unspecified atom stereocenters. The largest absolute Gasteiger partial charge is 0.438 e. The van der Waals surface area contributed by atoms with Crippen molar-refractivity contribution in [1.82, 2.24) is 9.88 Å². The van der Waals surface area contributed by atoms with Crippen molar-refractivity contribution >= 4 is 5.91 Å². The number of rotatable bonds is 1. The van der Waals surface area contributed by atoms with Gasteiger partial charge in [-0.25, -0.2) is 4.98 Å². The van der Waals surface area contributed by atoms with Gasteiger partial charge in [0.1, 0.15) is 0 Å². The number of hydrogen-bond acceptors (Lipinski definition) is 3. The smallest absolute Gasteiger partial charge is 0.291 e. The highest BCUT2D eigenvalue weighted by Gasteiger charge is 2.20. The van der Waals surface area contributed by atoms with Crippen LogP contribution in [0.2, 0.25) is 0 Å². The van der Waals surface area contributed by atoms with Gasteiger partial charge < -0.3 is 9.32 Å². The zero-order chi connectivity index (χ0) is 9.10. The minimum atomic E-state index is -0.0304. The second-order valence-corrected chi connectivity index (χ2v) is 3.22. The molecule has 1 aliphatic heterocycles. The van der Waals surface area contributed by atoms with Crippen molar-refractivity contribution in [2.24, 2.45) is 0 Å². The van der Waals surface area contributed by atoms with Gasteiger partial charge in [-0.2, -0.15) is 0 Å². The van der Waals surface area contributed by atoms with Gasteiger partial charge in [0, 0.05) is 13.1 Å². The van der Waals surface area contributed by atoms with E-state index in [-0.39, 0.29) is 5.91 Å². The zero-order valence-corrected chi connectivity index (χ0v) is 7.40. The van der Waals surface area contributed by atoms with Crippen molar-refractivity contribution < 1.29 is 9.21 Å². The third kappa shape index (κ3) is 1.71. The Morgan fingerprint density at radius 1 is 1.38 bits per heavy atom. The average molecular weight is 180 g/mol. The second-order valence-electron chi connectivity index (χ2n) is 3.22. The van der Waals surface area contributed by atoms with Crippen molar-refractivity contribution in [3.63, 3.8) is 0 Å². The third-order valence-electron chi connectivity index (χ3n) is 2.29. The highest BCUT2D eigenvalue weighted by atomic mass is 16.3. The van der Waals surface area contributed by atoms with Gasteiger partial charge in [-0.1, -0.05) is 0 Å². The molecule has 1 aromatic heterocycles. The molecule has 2 heterocycles. The summed E-state index contributed by atoms with van der Waals surface area (Å²) < 4.78 is 4.95. The van der Waals surface area contributed by atoms with Gasteiger partial charge in [-0.3, -0.25) is 4.79 Å². The Morgan fingerprint density at radius 2 is 2.15 bits per heavy atom. The summed E-state index contributed by atoms with van der Waals surface area (Å²) in [6, 6.07) is 0. The van der Waals surface area contributed by atoms with Crippen LogP contribution in [0.5, 0.6) is 0 Å². The van der Waals surface area contributed by atoms with Gasteiger partial charge >= 0.3 is 0 Å². The van der Waals surface area contributed by atoms with Gasteiger partial charge in [0.2, 0.25) is 5.76 Å². The van der Waals surface area contributed by atoms with E-state index in [1.165, 1.54) is 19.0 Å². The van der Waals surface area contributed by atoms with Crippen molar-refractivity contribution in [3.8, 4) is 0 Å². The zero-order valence-electron chi connectivity index (χ0n) is 7.40. The number of carbonyl (C=O) groups is 1. The quantitative estimate of drug-likeness (QED) is 0.654. The van der Waals surface area contributed by atoms with Crippen molar-refractivity contribution in [2.75, 3.05) is 13.1 Å². The van der Waals surface area contributed by atoms with E-state index in [0.29, 0.717) is 5.76 Å². The first kappa shape index (κ1) is 8.29. The van der Waals surface area contributed by atoms with E-state index in [9.17, 15) is 4.79 Å². The predicted octanol–water partition coefficient (Wildman–Crippen LogP) is 1.30. The van der Waals surface area contributed by atoms with Crippen LogP contribution in [0.4, 0.5) is 0 Å². The van der Waals surface area contributed by atoms with Gasteiger partial charge in [-0.15, -0.1) is 0 Å². The molecule has 0 radical (unpaired) electrons.